The summed E-state index contributed by atoms with van der Waals surface area (Å²) in [5.41, 5.74) is 2.64. The molecule has 2 rings (SSSR count). The lowest BCUT2D eigenvalue weighted by Gasteiger charge is -2.39. The van der Waals surface area contributed by atoms with Gasteiger partial charge in [0.25, 0.3) is 0 Å². The Bertz CT molecular complexity index is 495. The SMILES string of the molecule is CC[C@@H](C)NC(=O)[C@@H](C)N1CCN(c2ccccc2C)CC1. The summed E-state index contributed by atoms with van der Waals surface area (Å²) >= 11 is 0. The Morgan fingerprint density at radius 1 is 1.18 bits per heavy atom. The summed E-state index contributed by atoms with van der Waals surface area (Å²) in [5.74, 6) is 0.152. The number of aryl methyl sites for hydroxylation is 1. The smallest absolute Gasteiger partial charge is 0.237 e. The van der Waals surface area contributed by atoms with E-state index in [4.69, 9.17) is 0 Å². The molecule has 4 nitrogen and oxygen atoms in total. The van der Waals surface area contributed by atoms with Gasteiger partial charge in [-0.05, 0) is 38.8 Å². The van der Waals surface area contributed by atoms with E-state index >= 15 is 0 Å². The normalized spacial score (nSPS) is 18.8. The highest BCUT2D eigenvalue weighted by Gasteiger charge is 2.26. The molecule has 1 heterocycles. The highest BCUT2D eigenvalue weighted by molar-refractivity contribution is 5.81. The number of benzene rings is 1. The number of para-hydroxylation sites is 1. The molecule has 1 aliphatic rings. The topological polar surface area (TPSA) is 35.6 Å². The largest absolute Gasteiger partial charge is 0.369 e. The molecule has 0 aromatic heterocycles. The Morgan fingerprint density at radius 2 is 1.82 bits per heavy atom. The summed E-state index contributed by atoms with van der Waals surface area (Å²) in [7, 11) is 0. The molecule has 0 aliphatic carbocycles. The first kappa shape index (κ1) is 16.8. The van der Waals surface area contributed by atoms with Gasteiger partial charge >= 0.3 is 0 Å². The summed E-state index contributed by atoms with van der Waals surface area (Å²) in [6.07, 6.45) is 0.972. The number of rotatable bonds is 5. The minimum atomic E-state index is -0.0481. The van der Waals surface area contributed by atoms with Gasteiger partial charge in [-0.3, -0.25) is 9.69 Å². The third-order valence-electron chi connectivity index (χ3n) is 4.70. The maximum Gasteiger partial charge on any atom is 0.237 e. The van der Waals surface area contributed by atoms with E-state index in [2.05, 4.69) is 60.2 Å². The average molecular weight is 303 g/mol. The van der Waals surface area contributed by atoms with Gasteiger partial charge in [0.15, 0.2) is 0 Å². The van der Waals surface area contributed by atoms with Crippen molar-refractivity contribution >= 4 is 11.6 Å². The van der Waals surface area contributed by atoms with Crippen LogP contribution in [0.2, 0.25) is 0 Å². The first-order valence-electron chi connectivity index (χ1n) is 8.38. The molecule has 0 radical (unpaired) electrons. The lowest BCUT2D eigenvalue weighted by atomic mass is 10.1. The molecule has 1 fully saturated rings. The summed E-state index contributed by atoms with van der Waals surface area (Å²) < 4.78 is 0. The van der Waals surface area contributed by atoms with Crippen LogP contribution in [0.5, 0.6) is 0 Å². The van der Waals surface area contributed by atoms with Gasteiger partial charge in [-0.2, -0.15) is 0 Å². The van der Waals surface area contributed by atoms with Crippen molar-refractivity contribution in [3.63, 3.8) is 0 Å². The number of carbonyl (C=O) groups excluding carboxylic acids is 1. The van der Waals surface area contributed by atoms with Crippen LogP contribution in [-0.2, 0) is 4.79 Å². The Balaban J connectivity index is 1.89. The Morgan fingerprint density at radius 3 is 2.41 bits per heavy atom. The zero-order valence-corrected chi connectivity index (χ0v) is 14.3. The van der Waals surface area contributed by atoms with Gasteiger partial charge in [-0.25, -0.2) is 0 Å². The number of amides is 1. The van der Waals surface area contributed by atoms with E-state index in [-0.39, 0.29) is 18.0 Å². The van der Waals surface area contributed by atoms with Crippen LogP contribution in [0.1, 0.15) is 32.8 Å². The van der Waals surface area contributed by atoms with Crippen LogP contribution in [0.25, 0.3) is 0 Å². The highest BCUT2D eigenvalue weighted by atomic mass is 16.2. The molecule has 1 amide bonds. The van der Waals surface area contributed by atoms with E-state index in [1.807, 2.05) is 6.92 Å². The second-order valence-electron chi connectivity index (χ2n) is 6.30. The minimum Gasteiger partial charge on any atom is -0.369 e. The monoisotopic (exact) mass is 303 g/mol. The fourth-order valence-corrected chi connectivity index (χ4v) is 2.90. The second kappa shape index (κ2) is 7.63. The standard InChI is InChI=1S/C18H29N3O/c1-5-15(3)19-18(22)16(4)20-10-12-21(13-11-20)17-9-7-6-8-14(17)2/h6-9,15-16H,5,10-13H2,1-4H3,(H,19,22)/t15-,16-/m1/s1. The van der Waals surface area contributed by atoms with Crippen molar-refractivity contribution in [2.45, 2.75) is 46.2 Å². The highest BCUT2D eigenvalue weighted by Crippen LogP contribution is 2.21. The molecule has 22 heavy (non-hydrogen) atoms. The van der Waals surface area contributed by atoms with Gasteiger partial charge in [0.05, 0.1) is 6.04 Å². The molecule has 1 N–H and O–H groups in total. The van der Waals surface area contributed by atoms with Crippen LogP contribution in [0.15, 0.2) is 24.3 Å². The van der Waals surface area contributed by atoms with Gasteiger partial charge < -0.3 is 10.2 Å². The molecule has 1 aliphatic heterocycles. The first-order chi connectivity index (χ1) is 10.5. The lowest BCUT2D eigenvalue weighted by Crippen LogP contribution is -2.54. The van der Waals surface area contributed by atoms with E-state index < -0.39 is 0 Å². The maximum absolute atomic E-state index is 12.3. The van der Waals surface area contributed by atoms with Crippen molar-refractivity contribution in [3.05, 3.63) is 29.8 Å². The van der Waals surface area contributed by atoms with Crippen molar-refractivity contribution in [3.8, 4) is 0 Å². The maximum atomic E-state index is 12.3. The molecule has 0 spiro atoms. The third-order valence-corrected chi connectivity index (χ3v) is 4.70. The van der Waals surface area contributed by atoms with Gasteiger partial charge in [0.2, 0.25) is 5.91 Å². The van der Waals surface area contributed by atoms with Crippen LogP contribution in [0.3, 0.4) is 0 Å². The molecule has 1 aromatic carbocycles. The number of piperazine rings is 1. The van der Waals surface area contributed by atoms with Crippen LogP contribution in [-0.4, -0.2) is 49.1 Å². The average Bonchev–Trinajstić information content (AvgIpc) is 2.54. The number of hydrogen-bond donors (Lipinski definition) is 1. The number of carbonyl (C=O) groups is 1. The fourth-order valence-electron chi connectivity index (χ4n) is 2.90. The molecular formula is C18H29N3O. The molecule has 2 atom stereocenters. The van der Waals surface area contributed by atoms with Crippen molar-refractivity contribution in [2.75, 3.05) is 31.1 Å². The summed E-state index contributed by atoms with van der Waals surface area (Å²) in [4.78, 5) is 17.0. The van der Waals surface area contributed by atoms with Crippen molar-refractivity contribution < 1.29 is 4.79 Å². The Kier molecular flexibility index (Phi) is 5.83. The molecule has 0 bridgehead atoms. The number of nitrogens with one attached hydrogen (secondary N) is 1. The van der Waals surface area contributed by atoms with Crippen LogP contribution in [0.4, 0.5) is 5.69 Å². The molecule has 0 saturated carbocycles. The molecule has 0 unspecified atom stereocenters. The van der Waals surface area contributed by atoms with Gasteiger partial charge in [-0.1, -0.05) is 25.1 Å². The molecule has 1 saturated heterocycles. The molecular weight excluding hydrogens is 274 g/mol. The molecule has 122 valence electrons. The fraction of sp³-hybridized carbons (Fsp3) is 0.611. The van der Waals surface area contributed by atoms with Gasteiger partial charge in [0, 0.05) is 37.9 Å². The number of nitrogens with zero attached hydrogens (tertiary/aromatic N) is 2. The molecule has 1 aromatic rings. The van der Waals surface area contributed by atoms with Crippen molar-refractivity contribution in [1.82, 2.24) is 10.2 Å². The first-order valence-corrected chi connectivity index (χ1v) is 8.38. The van der Waals surface area contributed by atoms with Crippen LogP contribution in [0, 0.1) is 6.92 Å². The zero-order chi connectivity index (χ0) is 16.1. The van der Waals surface area contributed by atoms with E-state index in [0.29, 0.717) is 0 Å². The van der Waals surface area contributed by atoms with Gasteiger partial charge in [0.1, 0.15) is 0 Å². The van der Waals surface area contributed by atoms with Crippen molar-refractivity contribution in [1.29, 1.82) is 0 Å². The number of anilines is 1. The molecule has 4 heteroatoms. The van der Waals surface area contributed by atoms with Gasteiger partial charge in [-0.15, -0.1) is 0 Å². The zero-order valence-electron chi connectivity index (χ0n) is 14.3. The van der Waals surface area contributed by atoms with Crippen molar-refractivity contribution in [2.24, 2.45) is 0 Å². The van der Waals surface area contributed by atoms with Crippen LogP contribution < -0.4 is 10.2 Å². The lowest BCUT2D eigenvalue weighted by molar-refractivity contribution is -0.126. The predicted octanol–water partition coefficient (Wildman–Crippen LogP) is 2.42. The second-order valence-corrected chi connectivity index (χ2v) is 6.30. The quantitative estimate of drug-likeness (QED) is 0.907. The summed E-state index contributed by atoms with van der Waals surface area (Å²) in [6.45, 7) is 12.1. The Labute approximate surface area is 134 Å². The van der Waals surface area contributed by atoms with Crippen LogP contribution >= 0.6 is 0 Å². The summed E-state index contributed by atoms with van der Waals surface area (Å²) in [6, 6.07) is 8.72. The predicted molar refractivity (Wildman–Crippen MR) is 92.3 cm³/mol. The van der Waals surface area contributed by atoms with E-state index in [1.165, 1.54) is 11.3 Å². The van der Waals surface area contributed by atoms with E-state index in [0.717, 1.165) is 32.6 Å². The third kappa shape index (κ3) is 4.01. The van der Waals surface area contributed by atoms with E-state index in [9.17, 15) is 4.79 Å². The number of hydrogen-bond acceptors (Lipinski definition) is 3. The Hall–Kier alpha value is -1.55. The minimum absolute atomic E-state index is 0.0481. The summed E-state index contributed by atoms with van der Waals surface area (Å²) in [5, 5.41) is 3.08. The van der Waals surface area contributed by atoms with E-state index in [1.54, 1.807) is 0 Å².